The quantitative estimate of drug-likeness (QED) is 0.796. The summed E-state index contributed by atoms with van der Waals surface area (Å²) in [5.74, 6) is 0.385. The van der Waals surface area contributed by atoms with Crippen molar-refractivity contribution in [1.29, 1.82) is 0 Å². The second-order valence-corrected chi connectivity index (χ2v) is 4.41. The van der Waals surface area contributed by atoms with Crippen molar-refractivity contribution in [3.63, 3.8) is 0 Å². The predicted octanol–water partition coefficient (Wildman–Crippen LogP) is 2.48. The Morgan fingerprint density at radius 3 is 2.69 bits per heavy atom. The lowest BCUT2D eigenvalue weighted by Crippen LogP contribution is -2.17. The number of benzene rings is 1. The van der Waals surface area contributed by atoms with Crippen LogP contribution >= 0.6 is 11.6 Å². The van der Waals surface area contributed by atoms with Gasteiger partial charge in [-0.25, -0.2) is 0 Å². The Morgan fingerprint density at radius 1 is 1.44 bits per heavy atom. The molecule has 1 unspecified atom stereocenters. The molecule has 0 heterocycles. The summed E-state index contributed by atoms with van der Waals surface area (Å²) in [6, 6.07) is 4.61. The summed E-state index contributed by atoms with van der Waals surface area (Å²) in [6.45, 7) is 3.96. The Hall–Kier alpha value is -1.06. The van der Waals surface area contributed by atoms with E-state index >= 15 is 0 Å². The van der Waals surface area contributed by atoms with Crippen LogP contribution in [0.1, 0.15) is 19.4 Å². The molecule has 0 amide bonds. The SMILES string of the molecule is CC(C)C(CO)/N=C/c1cc(Cl)ccc1O. The summed E-state index contributed by atoms with van der Waals surface area (Å²) in [6.07, 6.45) is 1.54. The molecule has 4 heteroatoms. The fourth-order valence-electron chi connectivity index (χ4n) is 1.23. The van der Waals surface area contributed by atoms with Crippen LogP contribution in [0.5, 0.6) is 5.75 Å². The number of hydrogen-bond acceptors (Lipinski definition) is 3. The molecule has 0 aromatic heterocycles. The standard InChI is InChI=1S/C12H16ClNO2/c1-8(2)11(7-15)14-6-9-5-10(13)3-4-12(9)16/h3-6,8,11,15-16H,7H2,1-2H3/b14-6+. The van der Waals surface area contributed by atoms with Crippen LogP contribution in [0.25, 0.3) is 0 Å². The summed E-state index contributed by atoms with van der Waals surface area (Å²) in [5, 5.41) is 19.2. The lowest BCUT2D eigenvalue weighted by Gasteiger charge is -2.12. The van der Waals surface area contributed by atoms with E-state index in [-0.39, 0.29) is 24.3 Å². The van der Waals surface area contributed by atoms with Crippen LogP contribution < -0.4 is 0 Å². The summed E-state index contributed by atoms with van der Waals surface area (Å²) in [7, 11) is 0. The van der Waals surface area contributed by atoms with Crippen molar-refractivity contribution < 1.29 is 10.2 Å². The maximum absolute atomic E-state index is 9.55. The largest absolute Gasteiger partial charge is 0.507 e. The zero-order valence-electron chi connectivity index (χ0n) is 9.39. The van der Waals surface area contributed by atoms with Crippen molar-refractivity contribution in [3.8, 4) is 5.75 Å². The number of phenols is 1. The number of aliphatic hydroxyl groups excluding tert-OH is 1. The minimum absolute atomic E-state index is 0.00447. The molecular weight excluding hydrogens is 226 g/mol. The first-order valence-corrected chi connectivity index (χ1v) is 5.55. The summed E-state index contributed by atoms with van der Waals surface area (Å²) >= 11 is 5.81. The Bertz CT molecular complexity index is 377. The van der Waals surface area contributed by atoms with E-state index in [1.807, 2.05) is 13.8 Å². The smallest absolute Gasteiger partial charge is 0.124 e. The van der Waals surface area contributed by atoms with Crippen molar-refractivity contribution in [3.05, 3.63) is 28.8 Å². The van der Waals surface area contributed by atoms with E-state index in [4.69, 9.17) is 16.7 Å². The molecule has 1 rings (SSSR count). The molecule has 0 fully saturated rings. The van der Waals surface area contributed by atoms with Gasteiger partial charge in [0.1, 0.15) is 5.75 Å². The van der Waals surface area contributed by atoms with Gasteiger partial charge in [0.25, 0.3) is 0 Å². The highest BCUT2D eigenvalue weighted by Gasteiger charge is 2.09. The van der Waals surface area contributed by atoms with Gasteiger partial charge in [0.15, 0.2) is 0 Å². The normalized spacial score (nSPS) is 13.6. The van der Waals surface area contributed by atoms with E-state index < -0.39 is 0 Å². The molecule has 0 saturated heterocycles. The molecule has 0 bridgehead atoms. The molecule has 0 saturated carbocycles. The van der Waals surface area contributed by atoms with Gasteiger partial charge in [0.2, 0.25) is 0 Å². The third-order valence-electron chi connectivity index (χ3n) is 2.35. The van der Waals surface area contributed by atoms with Gasteiger partial charge in [-0.1, -0.05) is 25.4 Å². The van der Waals surface area contributed by atoms with Crippen molar-refractivity contribution in [2.24, 2.45) is 10.9 Å². The van der Waals surface area contributed by atoms with Gasteiger partial charge in [-0.3, -0.25) is 4.99 Å². The second kappa shape index (κ2) is 5.87. The summed E-state index contributed by atoms with van der Waals surface area (Å²) in [5.41, 5.74) is 0.562. The molecule has 1 aromatic rings. The van der Waals surface area contributed by atoms with E-state index in [0.717, 1.165) is 0 Å². The minimum Gasteiger partial charge on any atom is -0.507 e. The Kier molecular flexibility index (Phi) is 4.77. The van der Waals surface area contributed by atoms with Crippen molar-refractivity contribution in [2.75, 3.05) is 6.61 Å². The maximum atomic E-state index is 9.55. The number of hydrogen-bond donors (Lipinski definition) is 2. The zero-order valence-corrected chi connectivity index (χ0v) is 10.1. The Balaban J connectivity index is 2.86. The van der Waals surface area contributed by atoms with Crippen LogP contribution in [-0.2, 0) is 0 Å². The number of rotatable bonds is 4. The van der Waals surface area contributed by atoms with Crippen LogP contribution in [0.15, 0.2) is 23.2 Å². The lowest BCUT2D eigenvalue weighted by atomic mass is 10.1. The van der Waals surface area contributed by atoms with E-state index in [1.165, 1.54) is 6.07 Å². The molecule has 0 spiro atoms. The molecular formula is C12H16ClNO2. The van der Waals surface area contributed by atoms with Gasteiger partial charge >= 0.3 is 0 Å². The number of aromatic hydroxyl groups is 1. The van der Waals surface area contributed by atoms with Gasteiger partial charge < -0.3 is 10.2 Å². The number of aliphatic hydroxyl groups is 1. The van der Waals surface area contributed by atoms with Crippen LogP contribution in [0.3, 0.4) is 0 Å². The molecule has 0 aliphatic heterocycles. The molecule has 1 aromatic carbocycles. The third kappa shape index (κ3) is 3.51. The van der Waals surface area contributed by atoms with Crippen molar-refractivity contribution in [1.82, 2.24) is 0 Å². The second-order valence-electron chi connectivity index (χ2n) is 3.98. The molecule has 1 atom stereocenters. The first kappa shape index (κ1) is 13.0. The van der Waals surface area contributed by atoms with E-state index in [2.05, 4.69) is 4.99 Å². The van der Waals surface area contributed by atoms with E-state index in [1.54, 1.807) is 18.3 Å². The van der Waals surface area contributed by atoms with E-state index in [0.29, 0.717) is 10.6 Å². The van der Waals surface area contributed by atoms with Crippen molar-refractivity contribution in [2.45, 2.75) is 19.9 Å². The van der Waals surface area contributed by atoms with Crippen LogP contribution in [0, 0.1) is 5.92 Å². The molecule has 0 radical (unpaired) electrons. The lowest BCUT2D eigenvalue weighted by molar-refractivity contribution is 0.240. The maximum Gasteiger partial charge on any atom is 0.124 e. The Morgan fingerprint density at radius 2 is 2.12 bits per heavy atom. The zero-order chi connectivity index (χ0) is 12.1. The van der Waals surface area contributed by atoms with Crippen LogP contribution in [-0.4, -0.2) is 29.1 Å². The average molecular weight is 242 g/mol. The van der Waals surface area contributed by atoms with Gasteiger partial charge in [0.05, 0.1) is 12.6 Å². The summed E-state index contributed by atoms with van der Waals surface area (Å²) < 4.78 is 0. The Labute approximate surface area is 100 Å². The fraction of sp³-hybridized carbons (Fsp3) is 0.417. The van der Waals surface area contributed by atoms with Gasteiger partial charge in [0, 0.05) is 16.8 Å². The first-order valence-electron chi connectivity index (χ1n) is 5.17. The number of halogens is 1. The number of phenolic OH excluding ortho intramolecular Hbond substituents is 1. The highest BCUT2D eigenvalue weighted by molar-refractivity contribution is 6.30. The molecule has 16 heavy (non-hydrogen) atoms. The highest BCUT2D eigenvalue weighted by Crippen LogP contribution is 2.20. The molecule has 3 nitrogen and oxygen atoms in total. The van der Waals surface area contributed by atoms with Crippen molar-refractivity contribution >= 4 is 17.8 Å². The van der Waals surface area contributed by atoms with Crippen LogP contribution in [0.2, 0.25) is 5.02 Å². The summed E-state index contributed by atoms with van der Waals surface area (Å²) in [4.78, 5) is 4.22. The number of aliphatic imine (C=N–C) groups is 1. The van der Waals surface area contributed by atoms with Gasteiger partial charge in [-0.05, 0) is 24.1 Å². The molecule has 88 valence electrons. The predicted molar refractivity (Wildman–Crippen MR) is 66.4 cm³/mol. The topological polar surface area (TPSA) is 52.8 Å². The molecule has 0 aliphatic rings. The van der Waals surface area contributed by atoms with Crippen LogP contribution in [0.4, 0.5) is 0 Å². The minimum atomic E-state index is -0.154. The molecule has 0 aliphatic carbocycles. The molecule has 2 N–H and O–H groups in total. The van der Waals surface area contributed by atoms with Gasteiger partial charge in [-0.15, -0.1) is 0 Å². The average Bonchev–Trinajstić information content (AvgIpc) is 2.23. The fourth-order valence-corrected chi connectivity index (χ4v) is 1.42. The first-order chi connectivity index (χ1) is 7.54. The third-order valence-corrected chi connectivity index (χ3v) is 2.59. The number of nitrogens with zero attached hydrogens (tertiary/aromatic N) is 1. The monoisotopic (exact) mass is 241 g/mol. The van der Waals surface area contributed by atoms with Gasteiger partial charge in [-0.2, -0.15) is 0 Å². The van der Waals surface area contributed by atoms with E-state index in [9.17, 15) is 5.11 Å². The highest BCUT2D eigenvalue weighted by atomic mass is 35.5.